The summed E-state index contributed by atoms with van der Waals surface area (Å²) in [7, 11) is 0. The van der Waals surface area contributed by atoms with Gasteiger partial charge in [-0.15, -0.1) is 5.10 Å². The van der Waals surface area contributed by atoms with E-state index in [-0.39, 0.29) is 23.9 Å². The second kappa shape index (κ2) is 6.90. The lowest BCUT2D eigenvalue weighted by Crippen LogP contribution is -2.38. The normalized spacial score (nSPS) is 27.9. The fourth-order valence-corrected chi connectivity index (χ4v) is 3.51. The van der Waals surface area contributed by atoms with Crippen molar-refractivity contribution in [2.45, 2.75) is 32.2 Å². The molecule has 26 heavy (non-hydrogen) atoms. The van der Waals surface area contributed by atoms with Crippen LogP contribution in [-0.4, -0.2) is 22.9 Å². The van der Waals surface area contributed by atoms with Crippen molar-refractivity contribution in [3.05, 3.63) is 71.8 Å². The molecule has 1 fully saturated rings. The summed E-state index contributed by atoms with van der Waals surface area (Å²) in [6.45, 7) is 3.65. The number of carbonyl (C=O) groups is 1. The molecular weight excluding hydrogens is 328 g/mol. The minimum Gasteiger partial charge on any atom is -0.448 e. The van der Waals surface area contributed by atoms with Gasteiger partial charge >= 0.3 is 0 Å². The van der Waals surface area contributed by atoms with Gasteiger partial charge in [-0.05, 0) is 5.56 Å². The number of nitrogens with zero attached hydrogens (tertiary/aromatic N) is 2. The lowest BCUT2D eigenvalue weighted by molar-refractivity contribution is -0.135. The molecule has 2 aliphatic heterocycles. The maximum atomic E-state index is 12.1. The lowest BCUT2D eigenvalue weighted by Gasteiger charge is -2.21. The van der Waals surface area contributed by atoms with E-state index in [1.54, 1.807) is 0 Å². The fraction of sp³-hybridized carbons (Fsp3) is 0.300. The van der Waals surface area contributed by atoms with Crippen molar-refractivity contribution in [1.29, 1.82) is 0 Å². The van der Waals surface area contributed by atoms with Crippen LogP contribution in [0.25, 0.3) is 0 Å². The highest BCUT2D eigenvalue weighted by atomic mass is 16.5. The molecule has 4 unspecified atom stereocenters. The molecule has 6 nitrogen and oxygen atoms in total. The van der Waals surface area contributed by atoms with Crippen molar-refractivity contribution in [3.63, 3.8) is 0 Å². The lowest BCUT2D eigenvalue weighted by atomic mass is 9.91. The van der Waals surface area contributed by atoms with E-state index in [9.17, 15) is 4.79 Å². The maximum Gasteiger partial charge on any atom is 0.243 e. The highest BCUT2D eigenvalue weighted by Crippen LogP contribution is 2.34. The largest absolute Gasteiger partial charge is 0.448 e. The first-order chi connectivity index (χ1) is 12.6. The monoisotopic (exact) mass is 350 g/mol. The van der Waals surface area contributed by atoms with Gasteiger partial charge < -0.3 is 4.74 Å². The van der Waals surface area contributed by atoms with Crippen molar-refractivity contribution >= 4 is 11.8 Å². The number of hydrogen-bond donors (Lipinski definition) is 2. The zero-order chi connectivity index (χ0) is 18.1. The number of benzene rings is 2. The number of nitrogens with one attached hydrogen (secondary N) is 2. The molecule has 1 saturated heterocycles. The van der Waals surface area contributed by atoms with Crippen LogP contribution in [0.15, 0.2) is 65.8 Å². The molecule has 4 rings (SSSR count). The highest BCUT2D eigenvalue weighted by molar-refractivity contribution is 5.87. The summed E-state index contributed by atoms with van der Waals surface area (Å²) >= 11 is 0. The molecule has 0 aromatic heterocycles. The van der Waals surface area contributed by atoms with Crippen molar-refractivity contribution in [2.75, 3.05) is 0 Å². The summed E-state index contributed by atoms with van der Waals surface area (Å²) in [6, 6.07) is 20.0. The number of hydrogen-bond acceptors (Lipinski definition) is 5. The van der Waals surface area contributed by atoms with E-state index in [1.165, 1.54) is 17.5 Å². The molecule has 0 bridgehead atoms. The molecule has 134 valence electrons. The Balaban J connectivity index is 1.56. The number of ether oxygens (including phenoxy) is 1. The Bertz CT molecular complexity index is 809. The van der Waals surface area contributed by atoms with Gasteiger partial charge in [-0.3, -0.25) is 4.79 Å². The molecule has 0 radical (unpaired) electrons. The number of rotatable bonds is 3. The van der Waals surface area contributed by atoms with Crippen molar-refractivity contribution in [3.8, 4) is 0 Å². The third-order valence-corrected chi connectivity index (χ3v) is 4.94. The van der Waals surface area contributed by atoms with Gasteiger partial charge in [0.1, 0.15) is 6.04 Å². The van der Waals surface area contributed by atoms with Gasteiger partial charge in [0.15, 0.2) is 0 Å². The minimum atomic E-state index is -0.520. The third-order valence-electron chi connectivity index (χ3n) is 4.94. The molecule has 6 heteroatoms. The van der Waals surface area contributed by atoms with E-state index in [4.69, 9.17) is 4.74 Å². The van der Waals surface area contributed by atoms with Crippen molar-refractivity contribution in [2.24, 2.45) is 11.0 Å². The van der Waals surface area contributed by atoms with E-state index in [1.807, 2.05) is 48.5 Å². The molecule has 2 aromatic carbocycles. The van der Waals surface area contributed by atoms with Gasteiger partial charge in [0, 0.05) is 18.4 Å². The molecule has 0 saturated carbocycles. The average Bonchev–Trinajstić information content (AvgIpc) is 3.27. The standard InChI is InChI=1S/C20H22N4O2/c1-13-17(15-9-5-3-6-10-15)21-22-18(13)19-23-24(14(2)25)20(26-19)16-11-7-4-8-12-16/h3-13,17-18,20-22H,1-2H3. The predicted octanol–water partition coefficient (Wildman–Crippen LogP) is 2.73. The van der Waals surface area contributed by atoms with Crippen LogP contribution in [0.2, 0.25) is 0 Å². The van der Waals surface area contributed by atoms with Gasteiger partial charge in [-0.1, -0.05) is 67.6 Å². The van der Waals surface area contributed by atoms with Crippen LogP contribution in [-0.2, 0) is 9.53 Å². The molecule has 1 amide bonds. The van der Waals surface area contributed by atoms with Gasteiger partial charge in [0.25, 0.3) is 0 Å². The summed E-state index contributed by atoms with van der Waals surface area (Å²) in [5, 5.41) is 5.89. The zero-order valence-electron chi connectivity index (χ0n) is 14.8. The zero-order valence-corrected chi connectivity index (χ0v) is 14.8. The molecule has 2 aliphatic rings. The van der Waals surface area contributed by atoms with Crippen LogP contribution in [0.5, 0.6) is 0 Å². The number of carbonyl (C=O) groups excluding carboxylic acids is 1. The van der Waals surface area contributed by atoms with Crippen LogP contribution in [0, 0.1) is 5.92 Å². The van der Waals surface area contributed by atoms with Gasteiger partial charge in [-0.2, -0.15) is 5.01 Å². The Labute approximate surface area is 152 Å². The average molecular weight is 350 g/mol. The summed E-state index contributed by atoms with van der Waals surface area (Å²) in [6.07, 6.45) is -0.520. The number of hydrazone groups is 1. The molecule has 2 aromatic rings. The first-order valence-corrected chi connectivity index (χ1v) is 8.81. The topological polar surface area (TPSA) is 66.0 Å². The van der Waals surface area contributed by atoms with Crippen LogP contribution >= 0.6 is 0 Å². The molecule has 2 N–H and O–H groups in total. The van der Waals surface area contributed by atoms with E-state index in [2.05, 4.69) is 35.0 Å². The highest BCUT2D eigenvalue weighted by Gasteiger charge is 2.43. The van der Waals surface area contributed by atoms with Crippen LogP contribution in [0.3, 0.4) is 0 Å². The van der Waals surface area contributed by atoms with Gasteiger partial charge in [-0.25, -0.2) is 10.9 Å². The fourth-order valence-electron chi connectivity index (χ4n) is 3.51. The number of amides is 1. The summed E-state index contributed by atoms with van der Waals surface area (Å²) in [5.41, 5.74) is 8.73. The van der Waals surface area contributed by atoms with Crippen LogP contribution < -0.4 is 10.9 Å². The first kappa shape index (κ1) is 16.8. The van der Waals surface area contributed by atoms with Crippen LogP contribution in [0.4, 0.5) is 0 Å². The van der Waals surface area contributed by atoms with Crippen molar-refractivity contribution in [1.82, 2.24) is 15.9 Å². The summed E-state index contributed by atoms with van der Waals surface area (Å²) in [5.74, 6) is 0.596. The maximum absolute atomic E-state index is 12.1. The van der Waals surface area contributed by atoms with Crippen molar-refractivity contribution < 1.29 is 9.53 Å². The van der Waals surface area contributed by atoms with E-state index >= 15 is 0 Å². The second-order valence-corrected chi connectivity index (χ2v) is 6.70. The quantitative estimate of drug-likeness (QED) is 0.893. The molecule has 4 atom stereocenters. The molecule has 2 heterocycles. The molecule has 0 spiro atoms. The Morgan fingerprint density at radius 3 is 2.15 bits per heavy atom. The smallest absolute Gasteiger partial charge is 0.243 e. The molecular formula is C20H22N4O2. The summed E-state index contributed by atoms with van der Waals surface area (Å²) in [4.78, 5) is 12.1. The van der Waals surface area contributed by atoms with E-state index in [0.29, 0.717) is 5.90 Å². The summed E-state index contributed by atoms with van der Waals surface area (Å²) < 4.78 is 6.11. The minimum absolute atomic E-state index is 0.115. The van der Waals surface area contributed by atoms with Crippen LogP contribution in [0.1, 0.15) is 37.2 Å². The second-order valence-electron chi connectivity index (χ2n) is 6.70. The Morgan fingerprint density at radius 2 is 1.54 bits per heavy atom. The SMILES string of the molecule is CC(=O)N1N=C(C2NNC(c3ccccc3)C2C)OC1c1ccccc1. The van der Waals surface area contributed by atoms with E-state index < -0.39 is 6.23 Å². The number of hydrazine groups is 1. The Morgan fingerprint density at radius 1 is 0.962 bits per heavy atom. The van der Waals surface area contributed by atoms with Gasteiger partial charge in [0.05, 0.1) is 6.04 Å². The van der Waals surface area contributed by atoms with Gasteiger partial charge in [0.2, 0.25) is 18.0 Å². The first-order valence-electron chi connectivity index (χ1n) is 8.81. The third kappa shape index (κ3) is 2.98. The van der Waals surface area contributed by atoms with E-state index in [0.717, 1.165) is 5.56 Å². The Kier molecular flexibility index (Phi) is 4.44. The molecule has 0 aliphatic carbocycles. The Hall–Kier alpha value is -2.70. The predicted molar refractivity (Wildman–Crippen MR) is 98.6 cm³/mol.